The first-order valence-electron chi connectivity index (χ1n) is 6.75. The van der Waals surface area contributed by atoms with Gasteiger partial charge in [-0.25, -0.2) is 4.98 Å². The predicted octanol–water partition coefficient (Wildman–Crippen LogP) is 3.18. The van der Waals surface area contributed by atoms with Crippen LogP contribution in [0.2, 0.25) is 0 Å². The van der Waals surface area contributed by atoms with E-state index in [-0.39, 0.29) is 5.91 Å². The largest absolute Gasteiger partial charge is 0.324 e. The maximum atomic E-state index is 11.9. The minimum Gasteiger partial charge on any atom is -0.324 e. The highest BCUT2D eigenvalue weighted by molar-refractivity contribution is 5.97. The summed E-state index contributed by atoms with van der Waals surface area (Å²) in [5.74, 6) is 0.864. The predicted molar refractivity (Wildman–Crippen MR) is 80.4 cm³/mol. The van der Waals surface area contributed by atoms with E-state index in [0.717, 1.165) is 22.8 Å². The van der Waals surface area contributed by atoms with Crippen molar-refractivity contribution in [1.82, 2.24) is 4.98 Å². The molecule has 1 aromatic heterocycles. The number of anilines is 3. The minimum atomic E-state index is 0.0402. The third-order valence-corrected chi connectivity index (χ3v) is 3.63. The molecule has 4 heteroatoms. The lowest BCUT2D eigenvalue weighted by Gasteiger charge is -2.25. The van der Waals surface area contributed by atoms with Gasteiger partial charge in [0.2, 0.25) is 5.91 Å². The van der Waals surface area contributed by atoms with Crippen LogP contribution in [-0.4, -0.2) is 17.4 Å². The van der Waals surface area contributed by atoms with Crippen LogP contribution in [0, 0.1) is 13.8 Å². The number of nitrogens with zero attached hydrogens (tertiary/aromatic N) is 2. The molecule has 4 nitrogen and oxygen atoms in total. The number of nitrogens with one attached hydrogen (secondary N) is 1. The van der Waals surface area contributed by atoms with Crippen LogP contribution in [0.15, 0.2) is 36.5 Å². The number of fused-ring (bicyclic) bond motifs is 1. The number of para-hydroxylation sites is 1. The monoisotopic (exact) mass is 267 g/mol. The molecule has 1 aliphatic rings. The van der Waals surface area contributed by atoms with Crippen LogP contribution in [0.1, 0.15) is 17.5 Å². The maximum absolute atomic E-state index is 11.9. The fourth-order valence-electron chi connectivity index (χ4n) is 2.53. The van der Waals surface area contributed by atoms with Crippen molar-refractivity contribution >= 4 is 23.1 Å². The summed E-state index contributed by atoms with van der Waals surface area (Å²) in [5.41, 5.74) is 4.13. The third-order valence-electron chi connectivity index (χ3n) is 3.63. The van der Waals surface area contributed by atoms with E-state index in [1.165, 1.54) is 5.56 Å². The third kappa shape index (κ3) is 2.13. The van der Waals surface area contributed by atoms with Crippen molar-refractivity contribution < 1.29 is 4.79 Å². The molecule has 3 rings (SSSR count). The molecule has 1 aliphatic heterocycles. The number of rotatable bonds is 1. The number of hydrogen-bond acceptors (Lipinski definition) is 3. The number of aryl methyl sites for hydroxylation is 2. The molecule has 0 unspecified atom stereocenters. The molecule has 0 saturated heterocycles. The fourth-order valence-corrected chi connectivity index (χ4v) is 2.53. The van der Waals surface area contributed by atoms with Gasteiger partial charge in [-0.2, -0.15) is 0 Å². The Morgan fingerprint density at radius 2 is 1.95 bits per heavy atom. The average molecular weight is 267 g/mol. The Labute approximate surface area is 118 Å². The zero-order valence-electron chi connectivity index (χ0n) is 11.7. The lowest BCUT2D eigenvalue weighted by Crippen LogP contribution is -2.20. The Balaban J connectivity index is 2.16. The van der Waals surface area contributed by atoms with Crippen LogP contribution in [0.5, 0.6) is 0 Å². The molecule has 1 N–H and O–H groups in total. The summed E-state index contributed by atoms with van der Waals surface area (Å²) < 4.78 is 0. The van der Waals surface area contributed by atoms with Crippen molar-refractivity contribution in [2.75, 3.05) is 16.8 Å². The molecule has 0 atom stereocenters. The Kier molecular flexibility index (Phi) is 3.14. The number of aromatic nitrogens is 1. The second kappa shape index (κ2) is 4.96. The van der Waals surface area contributed by atoms with Gasteiger partial charge in [0.15, 0.2) is 5.82 Å². The van der Waals surface area contributed by atoms with Gasteiger partial charge in [0.1, 0.15) is 0 Å². The summed E-state index contributed by atoms with van der Waals surface area (Å²) >= 11 is 0. The first kappa shape index (κ1) is 12.7. The van der Waals surface area contributed by atoms with E-state index in [9.17, 15) is 4.79 Å². The summed E-state index contributed by atoms with van der Waals surface area (Å²) in [7, 11) is 0. The normalized spacial score (nSPS) is 14.5. The smallest absolute Gasteiger partial charge is 0.226 e. The number of benzene rings is 1. The average Bonchev–Trinajstić information content (AvgIpc) is 2.60. The Hall–Kier alpha value is -2.36. The van der Waals surface area contributed by atoms with Crippen molar-refractivity contribution in [3.63, 3.8) is 0 Å². The number of carbonyl (C=O) groups is 1. The molecule has 0 aliphatic carbocycles. The standard InChI is InChI=1S/C16H17N3O/c1-11-5-3-4-6-13(11)19-10-8-14(20)18-15-12(2)7-9-17-16(15)19/h3-7,9H,8,10H2,1-2H3,(H,18,20). The molecular weight excluding hydrogens is 250 g/mol. The van der Waals surface area contributed by atoms with Gasteiger partial charge in [-0.1, -0.05) is 18.2 Å². The molecule has 2 heterocycles. The van der Waals surface area contributed by atoms with Gasteiger partial charge < -0.3 is 10.2 Å². The molecule has 0 spiro atoms. The summed E-state index contributed by atoms with van der Waals surface area (Å²) in [6.07, 6.45) is 2.25. The second-order valence-electron chi connectivity index (χ2n) is 5.06. The maximum Gasteiger partial charge on any atom is 0.226 e. The minimum absolute atomic E-state index is 0.0402. The van der Waals surface area contributed by atoms with Gasteiger partial charge in [0.05, 0.1) is 5.69 Å². The molecule has 0 bridgehead atoms. The highest BCUT2D eigenvalue weighted by Crippen LogP contribution is 2.35. The Morgan fingerprint density at radius 3 is 2.75 bits per heavy atom. The van der Waals surface area contributed by atoms with Gasteiger partial charge in [0, 0.05) is 24.8 Å². The van der Waals surface area contributed by atoms with E-state index < -0.39 is 0 Å². The van der Waals surface area contributed by atoms with Gasteiger partial charge in [0.25, 0.3) is 0 Å². The molecule has 2 aromatic rings. The first-order chi connectivity index (χ1) is 9.66. The van der Waals surface area contributed by atoms with Crippen molar-refractivity contribution in [1.29, 1.82) is 0 Å². The van der Waals surface area contributed by atoms with Gasteiger partial charge in [-0.05, 0) is 37.1 Å². The van der Waals surface area contributed by atoms with Gasteiger partial charge in [-0.3, -0.25) is 4.79 Å². The van der Waals surface area contributed by atoms with E-state index in [1.54, 1.807) is 6.20 Å². The van der Waals surface area contributed by atoms with E-state index in [0.29, 0.717) is 13.0 Å². The Bertz CT molecular complexity index is 667. The molecule has 0 saturated carbocycles. The lowest BCUT2D eigenvalue weighted by atomic mass is 10.1. The van der Waals surface area contributed by atoms with Gasteiger partial charge in [-0.15, -0.1) is 0 Å². The van der Waals surface area contributed by atoms with Crippen molar-refractivity contribution in [3.8, 4) is 0 Å². The summed E-state index contributed by atoms with van der Waals surface area (Å²) in [6, 6.07) is 10.1. The van der Waals surface area contributed by atoms with E-state index >= 15 is 0 Å². The second-order valence-corrected chi connectivity index (χ2v) is 5.06. The molecule has 1 aromatic carbocycles. The zero-order chi connectivity index (χ0) is 14.1. The number of hydrogen-bond donors (Lipinski definition) is 1. The molecular formula is C16H17N3O. The van der Waals surface area contributed by atoms with Crippen LogP contribution >= 0.6 is 0 Å². The first-order valence-corrected chi connectivity index (χ1v) is 6.75. The molecule has 0 radical (unpaired) electrons. The molecule has 102 valence electrons. The molecule has 0 fully saturated rings. The highest BCUT2D eigenvalue weighted by Gasteiger charge is 2.23. The fraction of sp³-hybridized carbons (Fsp3) is 0.250. The van der Waals surface area contributed by atoms with E-state index in [1.807, 2.05) is 25.1 Å². The highest BCUT2D eigenvalue weighted by atomic mass is 16.1. The Morgan fingerprint density at radius 1 is 1.15 bits per heavy atom. The van der Waals surface area contributed by atoms with Gasteiger partial charge >= 0.3 is 0 Å². The van der Waals surface area contributed by atoms with Crippen molar-refractivity contribution in [3.05, 3.63) is 47.7 Å². The summed E-state index contributed by atoms with van der Waals surface area (Å²) in [4.78, 5) is 18.5. The number of amides is 1. The van der Waals surface area contributed by atoms with Crippen LogP contribution in [0.25, 0.3) is 0 Å². The van der Waals surface area contributed by atoms with Crippen LogP contribution in [0.3, 0.4) is 0 Å². The molecule has 1 amide bonds. The van der Waals surface area contributed by atoms with Crippen molar-refractivity contribution in [2.45, 2.75) is 20.3 Å². The van der Waals surface area contributed by atoms with Crippen LogP contribution < -0.4 is 10.2 Å². The topological polar surface area (TPSA) is 45.2 Å². The van der Waals surface area contributed by atoms with Crippen molar-refractivity contribution in [2.24, 2.45) is 0 Å². The number of carbonyl (C=O) groups excluding carboxylic acids is 1. The van der Waals surface area contributed by atoms with E-state index in [2.05, 4.69) is 34.3 Å². The lowest BCUT2D eigenvalue weighted by molar-refractivity contribution is -0.115. The van der Waals surface area contributed by atoms with Crippen LogP contribution in [0.4, 0.5) is 17.2 Å². The van der Waals surface area contributed by atoms with Crippen LogP contribution in [-0.2, 0) is 4.79 Å². The number of pyridine rings is 1. The molecule has 20 heavy (non-hydrogen) atoms. The zero-order valence-corrected chi connectivity index (χ0v) is 11.7. The SMILES string of the molecule is Cc1ccccc1N1CCC(=O)Nc2c(C)ccnc21. The summed E-state index contributed by atoms with van der Waals surface area (Å²) in [5, 5.41) is 2.97. The summed E-state index contributed by atoms with van der Waals surface area (Å²) in [6.45, 7) is 4.70. The van der Waals surface area contributed by atoms with E-state index in [4.69, 9.17) is 0 Å². The quantitative estimate of drug-likeness (QED) is 0.863.